The van der Waals surface area contributed by atoms with Gasteiger partial charge in [-0.1, -0.05) is 33.1 Å². The molecule has 17 heavy (non-hydrogen) atoms. The molecule has 1 saturated carbocycles. The van der Waals surface area contributed by atoms with Crippen LogP contribution < -0.4 is 10.6 Å². The van der Waals surface area contributed by atoms with E-state index in [2.05, 4.69) is 24.5 Å². The highest BCUT2D eigenvalue weighted by Gasteiger charge is 2.19. The molecule has 4 nitrogen and oxygen atoms in total. The van der Waals surface area contributed by atoms with Crippen LogP contribution in [0.4, 0.5) is 4.79 Å². The van der Waals surface area contributed by atoms with Gasteiger partial charge in [-0.2, -0.15) is 0 Å². The Hall–Kier alpha value is -0.770. The molecular weight excluding hydrogens is 216 g/mol. The Morgan fingerprint density at radius 1 is 1.29 bits per heavy atom. The zero-order chi connectivity index (χ0) is 12.7. The van der Waals surface area contributed by atoms with Crippen molar-refractivity contribution >= 4 is 6.03 Å². The standard InChI is InChI=1S/C13H26N2O2/c1-10(2)12(9-17-3)15-13(16)14-11-7-5-4-6-8-11/h10-12H,4-9H2,1-3H3,(H2,14,15,16). The number of carbonyl (C=O) groups is 1. The molecule has 1 aliphatic carbocycles. The van der Waals surface area contributed by atoms with Crippen molar-refractivity contribution in [1.82, 2.24) is 10.6 Å². The van der Waals surface area contributed by atoms with Crippen LogP contribution in [0.15, 0.2) is 0 Å². The van der Waals surface area contributed by atoms with Crippen LogP contribution in [0.2, 0.25) is 0 Å². The zero-order valence-corrected chi connectivity index (χ0v) is 11.3. The first kappa shape index (κ1) is 14.3. The van der Waals surface area contributed by atoms with Crippen LogP contribution in [0.25, 0.3) is 0 Å². The lowest BCUT2D eigenvalue weighted by Gasteiger charge is -2.26. The van der Waals surface area contributed by atoms with E-state index in [1.54, 1.807) is 7.11 Å². The molecule has 1 atom stereocenters. The molecule has 0 aliphatic heterocycles. The summed E-state index contributed by atoms with van der Waals surface area (Å²) >= 11 is 0. The maximum atomic E-state index is 11.8. The SMILES string of the molecule is COCC(NC(=O)NC1CCCCC1)C(C)C. The van der Waals surface area contributed by atoms with Gasteiger partial charge in [0.2, 0.25) is 0 Å². The number of amides is 2. The van der Waals surface area contributed by atoms with E-state index >= 15 is 0 Å². The van der Waals surface area contributed by atoms with Gasteiger partial charge in [-0.15, -0.1) is 0 Å². The third-order valence-electron chi connectivity index (χ3n) is 3.41. The van der Waals surface area contributed by atoms with E-state index in [-0.39, 0.29) is 12.1 Å². The first-order valence-electron chi connectivity index (χ1n) is 6.69. The van der Waals surface area contributed by atoms with Gasteiger partial charge >= 0.3 is 6.03 Å². The van der Waals surface area contributed by atoms with Gasteiger partial charge in [-0.05, 0) is 18.8 Å². The van der Waals surface area contributed by atoms with Crippen LogP contribution in [-0.4, -0.2) is 31.8 Å². The van der Waals surface area contributed by atoms with Crippen molar-refractivity contribution in [3.63, 3.8) is 0 Å². The molecule has 0 saturated heterocycles. The lowest BCUT2D eigenvalue weighted by atomic mass is 9.96. The lowest BCUT2D eigenvalue weighted by molar-refractivity contribution is 0.147. The number of nitrogens with one attached hydrogen (secondary N) is 2. The number of hydrogen-bond acceptors (Lipinski definition) is 2. The Labute approximate surface area is 104 Å². The second kappa shape index (κ2) is 7.54. The van der Waals surface area contributed by atoms with E-state index in [1.165, 1.54) is 19.3 Å². The van der Waals surface area contributed by atoms with Crippen molar-refractivity contribution in [2.24, 2.45) is 5.92 Å². The predicted octanol–water partition coefficient (Wildman–Crippen LogP) is 2.29. The molecule has 4 heteroatoms. The first-order chi connectivity index (χ1) is 8.13. The van der Waals surface area contributed by atoms with Crippen LogP contribution in [0.3, 0.4) is 0 Å². The van der Waals surface area contributed by atoms with Crippen LogP contribution in [-0.2, 0) is 4.74 Å². The number of rotatable bonds is 5. The van der Waals surface area contributed by atoms with Crippen molar-refractivity contribution in [3.05, 3.63) is 0 Å². The summed E-state index contributed by atoms with van der Waals surface area (Å²) in [6, 6.07) is 0.398. The minimum absolute atomic E-state index is 0.0485. The number of methoxy groups -OCH3 is 1. The van der Waals surface area contributed by atoms with Gasteiger partial charge in [-0.25, -0.2) is 4.79 Å². The fraction of sp³-hybridized carbons (Fsp3) is 0.923. The molecule has 0 aromatic carbocycles. The number of ether oxygens (including phenoxy) is 1. The second-order valence-electron chi connectivity index (χ2n) is 5.26. The summed E-state index contributed by atoms with van der Waals surface area (Å²) in [5.41, 5.74) is 0. The number of carbonyl (C=O) groups excluding carboxylic acids is 1. The molecular formula is C13H26N2O2. The molecule has 2 N–H and O–H groups in total. The van der Waals surface area contributed by atoms with Gasteiger partial charge < -0.3 is 15.4 Å². The molecule has 0 heterocycles. The monoisotopic (exact) mass is 242 g/mol. The third-order valence-corrected chi connectivity index (χ3v) is 3.41. The molecule has 1 aliphatic rings. The number of urea groups is 1. The fourth-order valence-corrected chi connectivity index (χ4v) is 2.22. The maximum Gasteiger partial charge on any atom is 0.315 e. The molecule has 100 valence electrons. The maximum absolute atomic E-state index is 11.8. The molecule has 2 amide bonds. The summed E-state index contributed by atoms with van der Waals surface area (Å²) in [5, 5.41) is 6.05. The van der Waals surface area contributed by atoms with Crippen molar-refractivity contribution < 1.29 is 9.53 Å². The van der Waals surface area contributed by atoms with Gasteiger partial charge in [0, 0.05) is 13.2 Å². The Morgan fingerprint density at radius 3 is 2.47 bits per heavy atom. The average molecular weight is 242 g/mol. The lowest BCUT2D eigenvalue weighted by Crippen LogP contribution is -2.49. The summed E-state index contributed by atoms with van der Waals surface area (Å²) in [7, 11) is 1.66. The molecule has 0 bridgehead atoms. The Balaban J connectivity index is 2.30. The number of hydrogen-bond donors (Lipinski definition) is 2. The minimum Gasteiger partial charge on any atom is -0.383 e. The topological polar surface area (TPSA) is 50.4 Å². The summed E-state index contributed by atoms with van der Waals surface area (Å²) < 4.78 is 5.11. The third kappa shape index (κ3) is 5.39. The summed E-state index contributed by atoms with van der Waals surface area (Å²) in [5.74, 6) is 0.382. The first-order valence-corrected chi connectivity index (χ1v) is 6.69. The Bertz CT molecular complexity index is 225. The van der Waals surface area contributed by atoms with E-state index < -0.39 is 0 Å². The van der Waals surface area contributed by atoms with E-state index in [4.69, 9.17) is 4.74 Å². The highest BCUT2D eigenvalue weighted by Crippen LogP contribution is 2.17. The molecule has 0 radical (unpaired) electrons. The molecule has 1 rings (SSSR count). The van der Waals surface area contributed by atoms with Crippen LogP contribution in [0, 0.1) is 5.92 Å². The van der Waals surface area contributed by atoms with Crippen molar-refractivity contribution in [2.75, 3.05) is 13.7 Å². The fourth-order valence-electron chi connectivity index (χ4n) is 2.22. The summed E-state index contributed by atoms with van der Waals surface area (Å²) in [6.07, 6.45) is 6.00. The van der Waals surface area contributed by atoms with Crippen molar-refractivity contribution in [1.29, 1.82) is 0 Å². The molecule has 0 spiro atoms. The van der Waals surface area contributed by atoms with Crippen molar-refractivity contribution in [3.8, 4) is 0 Å². The van der Waals surface area contributed by atoms with Crippen LogP contribution in [0.1, 0.15) is 46.0 Å². The molecule has 1 unspecified atom stereocenters. The predicted molar refractivity (Wildman–Crippen MR) is 69.0 cm³/mol. The van der Waals surface area contributed by atoms with Gasteiger partial charge in [0.05, 0.1) is 12.6 Å². The molecule has 0 aromatic rings. The quantitative estimate of drug-likeness (QED) is 0.777. The van der Waals surface area contributed by atoms with Crippen LogP contribution in [0.5, 0.6) is 0 Å². The van der Waals surface area contributed by atoms with Crippen molar-refractivity contribution in [2.45, 2.75) is 58.0 Å². The van der Waals surface area contributed by atoms with Gasteiger partial charge in [0.15, 0.2) is 0 Å². The average Bonchev–Trinajstić information content (AvgIpc) is 2.29. The molecule has 0 aromatic heterocycles. The van der Waals surface area contributed by atoms with Gasteiger partial charge in [0.1, 0.15) is 0 Å². The Kier molecular flexibility index (Phi) is 6.34. The highest BCUT2D eigenvalue weighted by atomic mass is 16.5. The minimum atomic E-state index is -0.0485. The second-order valence-corrected chi connectivity index (χ2v) is 5.26. The van der Waals surface area contributed by atoms with E-state index in [1.807, 2.05) is 0 Å². The summed E-state index contributed by atoms with van der Waals surface area (Å²) in [6.45, 7) is 4.74. The van der Waals surface area contributed by atoms with E-state index in [0.717, 1.165) is 12.8 Å². The van der Waals surface area contributed by atoms with Crippen LogP contribution >= 0.6 is 0 Å². The summed E-state index contributed by atoms with van der Waals surface area (Å²) in [4.78, 5) is 11.8. The largest absolute Gasteiger partial charge is 0.383 e. The Morgan fingerprint density at radius 2 is 1.94 bits per heavy atom. The smallest absolute Gasteiger partial charge is 0.315 e. The highest BCUT2D eigenvalue weighted by molar-refractivity contribution is 5.74. The van der Waals surface area contributed by atoms with E-state index in [9.17, 15) is 4.79 Å². The zero-order valence-electron chi connectivity index (χ0n) is 11.3. The molecule has 1 fully saturated rings. The normalized spacial score (nSPS) is 19.1. The van der Waals surface area contributed by atoms with Gasteiger partial charge in [0.25, 0.3) is 0 Å². The van der Waals surface area contributed by atoms with Gasteiger partial charge in [-0.3, -0.25) is 0 Å². The van der Waals surface area contributed by atoms with E-state index in [0.29, 0.717) is 18.6 Å².